The number of benzene rings is 1. The number of fused-ring (bicyclic) bond motifs is 1. The van der Waals surface area contributed by atoms with E-state index in [0.717, 1.165) is 5.56 Å². The standard InChI is InChI=1S/C12H8ClN3O2/c13-7-3-1-6(2-4-7)9-5-8-10(12(17)18-9)11(14)16-15-8/h1-5H,(H3,14,15,16). The summed E-state index contributed by atoms with van der Waals surface area (Å²) in [7, 11) is 0. The van der Waals surface area contributed by atoms with Gasteiger partial charge in [0.05, 0.1) is 5.52 Å². The maximum Gasteiger partial charge on any atom is 0.349 e. The number of nitrogens with two attached hydrogens (primary N) is 1. The molecule has 0 atom stereocenters. The largest absolute Gasteiger partial charge is 0.422 e. The van der Waals surface area contributed by atoms with Crippen LogP contribution in [0.4, 0.5) is 5.82 Å². The molecular weight excluding hydrogens is 254 g/mol. The predicted octanol–water partition coefficient (Wildman–Crippen LogP) is 2.42. The Morgan fingerprint density at radius 1 is 1.28 bits per heavy atom. The smallest absolute Gasteiger partial charge is 0.349 e. The van der Waals surface area contributed by atoms with E-state index in [4.69, 9.17) is 21.8 Å². The SMILES string of the molecule is Nc1n[nH]c2cc(-c3ccc(Cl)cc3)oc(=O)c12. The van der Waals surface area contributed by atoms with Crippen molar-refractivity contribution in [3.05, 3.63) is 45.8 Å². The molecule has 90 valence electrons. The number of H-pyrrole nitrogens is 1. The number of hydrogen-bond donors (Lipinski definition) is 2. The minimum absolute atomic E-state index is 0.140. The van der Waals surface area contributed by atoms with Crippen LogP contribution in [-0.2, 0) is 0 Å². The average Bonchev–Trinajstić information content (AvgIpc) is 2.72. The van der Waals surface area contributed by atoms with E-state index in [9.17, 15) is 4.79 Å². The fourth-order valence-corrected chi connectivity index (χ4v) is 1.88. The van der Waals surface area contributed by atoms with Crippen LogP contribution in [0.3, 0.4) is 0 Å². The molecule has 0 bridgehead atoms. The molecule has 0 saturated carbocycles. The van der Waals surface area contributed by atoms with E-state index in [2.05, 4.69) is 10.2 Å². The van der Waals surface area contributed by atoms with Crippen molar-refractivity contribution in [2.24, 2.45) is 0 Å². The van der Waals surface area contributed by atoms with Crippen molar-refractivity contribution in [2.75, 3.05) is 5.73 Å². The molecule has 0 unspecified atom stereocenters. The lowest BCUT2D eigenvalue weighted by Gasteiger charge is -2.00. The highest BCUT2D eigenvalue weighted by atomic mass is 35.5. The average molecular weight is 262 g/mol. The van der Waals surface area contributed by atoms with Gasteiger partial charge in [-0.1, -0.05) is 11.6 Å². The van der Waals surface area contributed by atoms with Crippen molar-refractivity contribution in [1.82, 2.24) is 10.2 Å². The quantitative estimate of drug-likeness (QED) is 0.704. The van der Waals surface area contributed by atoms with E-state index in [-0.39, 0.29) is 11.2 Å². The molecule has 3 N–H and O–H groups in total. The number of halogens is 1. The summed E-state index contributed by atoms with van der Waals surface area (Å²) >= 11 is 5.80. The monoisotopic (exact) mass is 261 g/mol. The van der Waals surface area contributed by atoms with Gasteiger partial charge in [0, 0.05) is 16.7 Å². The lowest BCUT2D eigenvalue weighted by Crippen LogP contribution is -2.01. The lowest BCUT2D eigenvalue weighted by atomic mass is 10.1. The fraction of sp³-hybridized carbons (Fsp3) is 0. The zero-order chi connectivity index (χ0) is 12.7. The summed E-state index contributed by atoms with van der Waals surface area (Å²) in [5.41, 5.74) is 6.36. The molecule has 6 heteroatoms. The molecule has 0 spiro atoms. The number of rotatable bonds is 1. The molecule has 3 rings (SSSR count). The molecular formula is C12H8ClN3O2. The highest BCUT2D eigenvalue weighted by Gasteiger charge is 2.11. The first-order chi connectivity index (χ1) is 8.65. The summed E-state index contributed by atoms with van der Waals surface area (Å²) in [5, 5.41) is 7.36. The molecule has 0 fully saturated rings. The van der Waals surface area contributed by atoms with Gasteiger partial charge in [-0.25, -0.2) is 4.79 Å². The number of nitrogens with one attached hydrogen (secondary N) is 1. The lowest BCUT2D eigenvalue weighted by molar-refractivity contribution is 0.535. The molecule has 0 amide bonds. The van der Waals surface area contributed by atoms with Crippen molar-refractivity contribution >= 4 is 28.3 Å². The molecule has 0 saturated heterocycles. The van der Waals surface area contributed by atoms with E-state index < -0.39 is 5.63 Å². The van der Waals surface area contributed by atoms with Crippen molar-refractivity contribution in [3.8, 4) is 11.3 Å². The second-order valence-electron chi connectivity index (χ2n) is 3.80. The first kappa shape index (κ1) is 10.9. The summed E-state index contributed by atoms with van der Waals surface area (Å²) in [6, 6.07) is 8.67. The van der Waals surface area contributed by atoms with E-state index >= 15 is 0 Å². The zero-order valence-corrected chi connectivity index (χ0v) is 9.86. The molecule has 2 aromatic heterocycles. The van der Waals surface area contributed by atoms with Crippen molar-refractivity contribution in [1.29, 1.82) is 0 Å². The summed E-state index contributed by atoms with van der Waals surface area (Å²) in [6.45, 7) is 0. The normalized spacial score (nSPS) is 10.9. The van der Waals surface area contributed by atoms with Gasteiger partial charge in [-0.2, -0.15) is 5.10 Å². The van der Waals surface area contributed by atoms with E-state index in [1.165, 1.54) is 0 Å². The number of nitrogens with zero attached hydrogens (tertiary/aromatic N) is 1. The first-order valence-corrected chi connectivity index (χ1v) is 5.56. The Bertz CT molecular complexity index is 774. The van der Waals surface area contributed by atoms with Gasteiger partial charge < -0.3 is 10.2 Å². The van der Waals surface area contributed by atoms with Gasteiger partial charge in [-0.05, 0) is 24.3 Å². The molecule has 1 aromatic carbocycles. The maximum atomic E-state index is 11.8. The molecule has 18 heavy (non-hydrogen) atoms. The molecule has 0 aliphatic heterocycles. The number of aromatic amines is 1. The third kappa shape index (κ3) is 1.65. The first-order valence-electron chi connectivity index (χ1n) is 5.19. The topological polar surface area (TPSA) is 84.9 Å². The van der Waals surface area contributed by atoms with E-state index in [1.54, 1.807) is 30.3 Å². The van der Waals surface area contributed by atoms with Gasteiger partial charge >= 0.3 is 5.63 Å². The van der Waals surface area contributed by atoms with Crippen LogP contribution in [0.15, 0.2) is 39.5 Å². The zero-order valence-electron chi connectivity index (χ0n) is 9.11. The maximum absolute atomic E-state index is 11.8. The molecule has 5 nitrogen and oxygen atoms in total. The van der Waals surface area contributed by atoms with Crippen molar-refractivity contribution in [3.63, 3.8) is 0 Å². The fourth-order valence-electron chi connectivity index (χ4n) is 1.76. The van der Waals surface area contributed by atoms with Crippen LogP contribution in [0.1, 0.15) is 0 Å². The third-order valence-corrected chi connectivity index (χ3v) is 2.89. The van der Waals surface area contributed by atoms with Crippen LogP contribution in [0.5, 0.6) is 0 Å². The Kier molecular flexibility index (Phi) is 2.34. The Balaban J connectivity index is 2.25. The Morgan fingerprint density at radius 2 is 2.00 bits per heavy atom. The summed E-state index contributed by atoms with van der Waals surface area (Å²) in [6.07, 6.45) is 0. The van der Waals surface area contributed by atoms with Gasteiger partial charge in [0.15, 0.2) is 5.82 Å². The molecule has 0 radical (unpaired) electrons. The summed E-state index contributed by atoms with van der Waals surface area (Å²) in [5.74, 6) is 0.578. The highest BCUT2D eigenvalue weighted by molar-refractivity contribution is 6.30. The van der Waals surface area contributed by atoms with Gasteiger partial charge in [0.25, 0.3) is 0 Å². The van der Waals surface area contributed by atoms with Crippen LogP contribution in [0, 0.1) is 0 Å². The summed E-state index contributed by atoms with van der Waals surface area (Å²) < 4.78 is 5.22. The van der Waals surface area contributed by atoms with Gasteiger partial charge in [0.1, 0.15) is 11.1 Å². The number of hydrogen-bond acceptors (Lipinski definition) is 4. The van der Waals surface area contributed by atoms with Crippen molar-refractivity contribution in [2.45, 2.75) is 0 Å². The summed E-state index contributed by atoms with van der Waals surface area (Å²) in [4.78, 5) is 11.8. The molecule has 0 aliphatic carbocycles. The molecule has 3 aromatic rings. The second-order valence-corrected chi connectivity index (χ2v) is 4.24. The number of nitrogen functional groups attached to an aromatic ring is 1. The minimum Gasteiger partial charge on any atom is -0.422 e. The van der Waals surface area contributed by atoms with Crippen LogP contribution in [0.2, 0.25) is 5.02 Å². The Hall–Kier alpha value is -2.27. The Morgan fingerprint density at radius 3 is 2.72 bits per heavy atom. The van der Waals surface area contributed by atoms with Crippen LogP contribution in [0.25, 0.3) is 22.2 Å². The van der Waals surface area contributed by atoms with Crippen molar-refractivity contribution < 1.29 is 4.42 Å². The highest BCUT2D eigenvalue weighted by Crippen LogP contribution is 2.24. The third-order valence-electron chi connectivity index (χ3n) is 2.63. The van der Waals surface area contributed by atoms with E-state index in [0.29, 0.717) is 16.3 Å². The molecule has 2 heterocycles. The minimum atomic E-state index is -0.510. The van der Waals surface area contributed by atoms with Crippen LogP contribution >= 0.6 is 11.6 Å². The van der Waals surface area contributed by atoms with Gasteiger partial charge in [0.2, 0.25) is 0 Å². The van der Waals surface area contributed by atoms with Gasteiger partial charge in [-0.3, -0.25) is 5.10 Å². The van der Waals surface area contributed by atoms with Crippen LogP contribution < -0.4 is 11.4 Å². The number of anilines is 1. The predicted molar refractivity (Wildman–Crippen MR) is 69.5 cm³/mol. The second kappa shape index (κ2) is 3.89. The van der Waals surface area contributed by atoms with Gasteiger partial charge in [-0.15, -0.1) is 0 Å². The van der Waals surface area contributed by atoms with Crippen LogP contribution in [-0.4, -0.2) is 10.2 Å². The number of aromatic nitrogens is 2. The molecule has 0 aliphatic rings. The van der Waals surface area contributed by atoms with E-state index in [1.807, 2.05) is 0 Å². The Labute approximate surface area is 106 Å².